The monoisotopic (exact) mass is 434 g/mol. The van der Waals surface area contributed by atoms with Crippen LogP contribution in [-0.2, 0) is 0 Å². The van der Waals surface area contributed by atoms with Crippen molar-refractivity contribution in [1.29, 1.82) is 0 Å². The first kappa shape index (κ1) is 21.2. The lowest BCUT2D eigenvalue weighted by Crippen LogP contribution is -2.19. The van der Waals surface area contributed by atoms with Crippen LogP contribution in [0, 0.1) is 11.8 Å². The second-order valence-electron chi connectivity index (χ2n) is 7.24. The highest BCUT2D eigenvalue weighted by Crippen LogP contribution is 2.29. The van der Waals surface area contributed by atoms with Crippen molar-refractivity contribution in [3.05, 3.63) is 78.0 Å². The van der Waals surface area contributed by atoms with Gasteiger partial charge in [0.1, 0.15) is 18.0 Å². The molecular formula is C23H20F2N6O. The number of fused-ring (bicyclic) bond motifs is 1. The summed E-state index contributed by atoms with van der Waals surface area (Å²) >= 11 is 0. The Kier molecular flexibility index (Phi) is 5.98. The van der Waals surface area contributed by atoms with Gasteiger partial charge in [-0.1, -0.05) is 13.0 Å². The number of benzene rings is 1. The third-order valence-corrected chi connectivity index (χ3v) is 5.15. The van der Waals surface area contributed by atoms with Crippen LogP contribution in [-0.4, -0.2) is 39.4 Å². The van der Waals surface area contributed by atoms with Crippen molar-refractivity contribution in [2.24, 2.45) is 0 Å². The van der Waals surface area contributed by atoms with Gasteiger partial charge >= 0.3 is 0 Å². The quantitative estimate of drug-likeness (QED) is 0.447. The predicted octanol–water partition coefficient (Wildman–Crippen LogP) is 3.94. The third kappa shape index (κ3) is 4.22. The van der Waals surface area contributed by atoms with E-state index in [1.165, 1.54) is 44.0 Å². The highest BCUT2D eigenvalue weighted by atomic mass is 19.1. The van der Waals surface area contributed by atoms with Gasteiger partial charge in [0.25, 0.3) is 5.91 Å². The van der Waals surface area contributed by atoms with Gasteiger partial charge < -0.3 is 10.6 Å². The van der Waals surface area contributed by atoms with Gasteiger partial charge in [-0.05, 0) is 29.8 Å². The molecule has 9 heteroatoms. The van der Waals surface area contributed by atoms with Crippen molar-refractivity contribution < 1.29 is 13.6 Å². The first-order valence-electron chi connectivity index (χ1n) is 9.95. The van der Waals surface area contributed by atoms with E-state index in [0.717, 1.165) is 5.56 Å². The fourth-order valence-electron chi connectivity index (χ4n) is 3.48. The maximum Gasteiger partial charge on any atom is 0.251 e. The molecule has 0 aliphatic rings. The first-order chi connectivity index (χ1) is 15.5. The normalized spacial score (nSPS) is 11.9. The minimum atomic E-state index is -0.560. The molecule has 0 spiro atoms. The van der Waals surface area contributed by atoms with Gasteiger partial charge in [-0.3, -0.25) is 9.78 Å². The van der Waals surface area contributed by atoms with Crippen LogP contribution in [0.25, 0.3) is 22.2 Å². The maximum atomic E-state index is 14.6. The van der Waals surface area contributed by atoms with E-state index in [2.05, 4.69) is 30.6 Å². The number of halogens is 2. The first-order valence-corrected chi connectivity index (χ1v) is 9.95. The average Bonchev–Trinajstić information content (AvgIpc) is 2.82. The molecule has 4 aromatic rings. The molecule has 4 rings (SSSR count). The highest BCUT2D eigenvalue weighted by molar-refractivity contribution is 6.06. The van der Waals surface area contributed by atoms with E-state index >= 15 is 0 Å². The molecule has 0 radical (unpaired) electrons. The summed E-state index contributed by atoms with van der Waals surface area (Å²) < 4.78 is 27.7. The minimum Gasteiger partial charge on any atom is -0.369 e. The van der Waals surface area contributed by atoms with Crippen LogP contribution < -0.4 is 10.6 Å². The maximum absolute atomic E-state index is 14.6. The van der Waals surface area contributed by atoms with Gasteiger partial charge in [-0.2, -0.15) is 4.39 Å². The number of carbonyl (C=O) groups is 1. The molecule has 0 fully saturated rings. The standard InChI is InChI=1S/C23H20F2N6O/c1-13(10-29-20-9-18(30-12-31-20)14-3-6-19(25)28-11-14)15-4-5-17(24)21-16(23(32)26-2)7-8-27-22(15)21/h3-9,11-13H,10H2,1-2H3,(H,26,32)(H,29,30,31)/t13-/m1/s1. The summed E-state index contributed by atoms with van der Waals surface area (Å²) in [6, 6.07) is 9.15. The van der Waals surface area contributed by atoms with Crippen molar-refractivity contribution >= 4 is 22.6 Å². The molecule has 2 N–H and O–H groups in total. The molecule has 0 aliphatic heterocycles. The molecule has 1 atom stereocenters. The molecule has 3 heterocycles. The molecule has 1 aromatic carbocycles. The summed E-state index contributed by atoms with van der Waals surface area (Å²) in [5, 5.41) is 5.98. The van der Waals surface area contributed by atoms with E-state index in [-0.39, 0.29) is 22.8 Å². The molecule has 0 saturated heterocycles. The number of hydrogen-bond donors (Lipinski definition) is 2. The lowest BCUT2D eigenvalue weighted by molar-refractivity contribution is 0.0964. The Labute approximate surface area is 183 Å². The van der Waals surface area contributed by atoms with Crippen LogP contribution in [0.1, 0.15) is 28.8 Å². The zero-order chi connectivity index (χ0) is 22.7. The highest BCUT2D eigenvalue weighted by Gasteiger charge is 2.18. The summed E-state index contributed by atoms with van der Waals surface area (Å²) in [5.41, 5.74) is 2.76. The van der Waals surface area contributed by atoms with E-state index in [9.17, 15) is 13.6 Å². The Morgan fingerprint density at radius 3 is 2.66 bits per heavy atom. The summed E-state index contributed by atoms with van der Waals surface area (Å²) in [5.74, 6) is -0.922. The van der Waals surface area contributed by atoms with E-state index in [4.69, 9.17) is 0 Å². The molecule has 0 bridgehead atoms. The molecule has 0 unspecified atom stereocenters. The number of pyridine rings is 2. The SMILES string of the molecule is CNC(=O)c1ccnc2c([C@H](C)CNc3cc(-c4ccc(F)nc4)ncn3)ccc(F)c12. The number of rotatable bonds is 6. The zero-order valence-electron chi connectivity index (χ0n) is 17.4. The fraction of sp³-hybridized carbons (Fsp3) is 0.174. The molecule has 3 aromatic heterocycles. The third-order valence-electron chi connectivity index (χ3n) is 5.15. The second kappa shape index (κ2) is 9.01. The van der Waals surface area contributed by atoms with Gasteiger partial charge in [0, 0.05) is 48.9 Å². The number of hydrogen-bond acceptors (Lipinski definition) is 6. The molecular weight excluding hydrogens is 414 g/mol. The van der Waals surface area contributed by atoms with Crippen LogP contribution in [0.5, 0.6) is 0 Å². The average molecular weight is 434 g/mol. The Bertz CT molecular complexity index is 1280. The predicted molar refractivity (Wildman–Crippen MR) is 117 cm³/mol. The fourth-order valence-corrected chi connectivity index (χ4v) is 3.48. The van der Waals surface area contributed by atoms with Crippen LogP contribution >= 0.6 is 0 Å². The van der Waals surface area contributed by atoms with Crippen LogP contribution in [0.2, 0.25) is 0 Å². The Morgan fingerprint density at radius 2 is 1.91 bits per heavy atom. The summed E-state index contributed by atoms with van der Waals surface area (Å²) in [6.45, 7) is 2.45. The number of amides is 1. The topological polar surface area (TPSA) is 92.7 Å². The summed E-state index contributed by atoms with van der Waals surface area (Å²) in [6.07, 6.45) is 4.32. The lowest BCUT2D eigenvalue weighted by Gasteiger charge is -2.17. The van der Waals surface area contributed by atoms with Gasteiger partial charge in [-0.25, -0.2) is 19.3 Å². The van der Waals surface area contributed by atoms with Gasteiger partial charge in [0.05, 0.1) is 16.8 Å². The number of carbonyl (C=O) groups excluding carboxylic acids is 1. The summed E-state index contributed by atoms with van der Waals surface area (Å²) in [7, 11) is 1.50. The molecule has 0 saturated carbocycles. The zero-order valence-corrected chi connectivity index (χ0v) is 17.4. The smallest absolute Gasteiger partial charge is 0.251 e. The Morgan fingerprint density at radius 1 is 1.06 bits per heavy atom. The number of nitrogens with one attached hydrogen (secondary N) is 2. The number of aromatic nitrogens is 4. The molecule has 7 nitrogen and oxygen atoms in total. The van der Waals surface area contributed by atoms with E-state index in [1.807, 2.05) is 6.92 Å². The van der Waals surface area contributed by atoms with E-state index in [1.54, 1.807) is 18.2 Å². The number of anilines is 1. The lowest BCUT2D eigenvalue weighted by atomic mass is 9.95. The van der Waals surface area contributed by atoms with E-state index < -0.39 is 11.8 Å². The van der Waals surface area contributed by atoms with Crippen molar-refractivity contribution in [1.82, 2.24) is 25.3 Å². The van der Waals surface area contributed by atoms with Gasteiger partial charge in [0.2, 0.25) is 5.95 Å². The van der Waals surface area contributed by atoms with Crippen molar-refractivity contribution in [2.45, 2.75) is 12.8 Å². The van der Waals surface area contributed by atoms with Crippen LogP contribution in [0.4, 0.5) is 14.6 Å². The largest absolute Gasteiger partial charge is 0.369 e. The van der Waals surface area contributed by atoms with Gasteiger partial charge in [0.15, 0.2) is 0 Å². The van der Waals surface area contributed by atoms with Crippen LogP contribution in [0.15, 0.2) is 55.1 Å². The molecule has 1 amide bonds. The molecule has 162 valence electrons. The Balaban J connectivity index is 1.58. The van der Waals surface area contributed by atoms with Crippen molar-refractivity contribution in [3.63, 3.8) is 0 Å². The van der Waals surface area contributed by atoms with Crippen molar-refractivity contribution in [2.75, 3.05) is 18.9 Å². The van der Waals surface area contributed by atoms with Gasteiger partial charge in [-0.15, -0.1) is 0 Å². The second-order valence-corrected chi connectivity index (χ2v) is 7.24. The Hall–Kier alpha value is -4.01. The number of nitrogens with zero attached hydrogens (tertiary/aromatic N) is 4. The van der Waals surface area contributed by atoms with E-state index in [0.29, 0.717) is 29.1 Å². The van der Waals surface area contributed by atoms with Crippen LogP contribution in [0.3, 0.4) is 0 Å². The molecule has 0 aliphatic carbocycles. The van der Waals surface area contributed by atoms with Crippen molar-refractivity contribution in [3.8, 4) is 11.3 Å². The molecule has 32 heavy (non-hydrogen) atoms. The minimum absolute atomic E-state index is 0.0727. The summed E-state index contributed by atoms with van der Waals surface area (Å²) in [4.78, 5) is 28.6.